The summed E-state index contributed by atoms with van der Waals surface area (Å²) in [6, 6.07) is 26.0. The maximum absolute atomic E-state index is 13.1. The lowest BCUT2D eigenvalue weighted by Gasteiger charge is -2.18. The maximum atomic E-state index is 13.1. The van der Waals surface area contributed by atoms with E-state index in [2.05, 4.69) is 45.0 Å². The van der Waals surface area contributed by atoms with Gasteiger partial charge in [-0.2, -0.15) is 10.2 Å². The molecule has 1 amide bonds. The highest BCUT2D eigenvalue weighted by molar-refractivity contribution is 5.91. The predicted octanol–water partition coefficient (Wildman–Crippen LogP) is 4.55. The first-order valence-electron chi connectivity index (χ1n) is 11.4. The van der Waals surface area contributed by atoms with Crippen LogP contribution in [0.3, 0.4) is 0 Å². The number of H-pyrrole nitrogens is 1. The number of methoxy groups -OCH3 is 2. The van der Waals surface area contributed by atoms with Gasteiger partial charge in [0.05, 0.1) is 38.2 Å². The van der Waals surface area contributed by atoms with Gasteiger partial charge in [0.2, 0.25) is 5.91 Å². The van der Waals surface area contributed by atoms with Crippen molar-refractivity contribution >= 4 is 12.1 Å². The number of hydrogen-bond acceptors (Lipinski definition) is 5. The highest BCUT2D eigenvalue weighted by atomic mass is 16.5. The standard InChI is InChI=1S/C28H26N4O3/c1-34-24-14-13-19(15-25(24)35-2)26-20(17-29-31-26)18-30-32-27(33)23-16-28(23,21-9-5-3-6-10-21)22-11-7-4-8-12-22/h3-15,17-18,23H,16H2,1-2H3,(H,29,31)(H,32,33). The second-order valence-electron chi connectivity index (χ2n) is 8.46. The molecule has 1 aromatic heterocycles. The van der Waals surface area contributed by atoms with Gasteiger partial charge >= 0.3 is 0 Å². The number of nitrogens with zero attached hydrogens (tertiary/aromatic N) is 2. The molecule has 0 spiro atoms. The van der Waals surface area contributed by atoms with Crippen LogP contribution in [0, 0.1) is 5.92 Å². The van der Waals surface area contributed by atoms with E-state index in [1.165, 1.54) is 0 Å². The quantitative estimate of drug-likeness (QED) is 0.295. The molecule has 1 heterocycles. The van der Waals surface area contributed by atoms with E-state index in [-0.39, 0.29) is 17.2 Å². The van der Waals surface area contributed by atoms with Crippen molar-refractivity contribution in [2.75, 3.05) is 14.2 Å². The summed E-state index contributed by atoms with van der Waals surface area (Å²) in [7, 11) is 3.19. The van der Waals surface area contributed by atoms with Gasteiger partial charge in [0.15, 0.2) is 11.5 Å². The monoisotopic (exact) mass is 466 g/mol. The van der Waals surface area contributed by atoms with Crippen LogP contribution >= 0.6 is 0 Å². The van der Waals surface area contributed by atoms with Gasteiger partial charge in [-0.1, -0.05) is 60.7 Å². The Kier molecular flexibility index (Phi) is 6.06. The molecule has 0 saturated heterocycles. The first kappa shape index (κ1) is 22.4. The minimum Gasteiger partial charge on any atom is -0.493 e. The molecule has 2 N–H and O–H groups in total. The summed E-state index contributed by atoms with van der Waals surface area (Å²) in [5.41, 5.74) is 7.06. The molecule has 1 aliphatic rings. The second-order valence-corrected chi connectivity index (χ2v) is 8.46. The molecular weight excluding hydrogens is 440 g/mol. The van der Waals surface area contributed by atoms with Crippen LogP contribution in [0.2, 0.25) is 0 Å². The number of ether oxygens (including phenoxy) is 2. The van der Waals surface area contributed by atoms with Crippen LogP contribution < -0.4 is 14.9 Å². The van der Waals surface area contributed by atoms with Crippen molar-refractivity contribution < 1.29 is 14.3 Å². The average Bonchev–Trinajstić information content (AvgIpc) is 3.52. The Hall–Kier alpha value is -4.39. The minimum atomic E-state index is -0.331. The molecule has 3 aromatic carbocycles. The molecule has 1 unspecified atom stereocenters. The van der Waals surface area contributed by atoms with Gasteiger partial charge in [-0.3, -0.25) is 9.89 Å². The Morgan fingerprint density at radius 1 is 1.00 bits per heavy atom. The number of hydrogen-bond donors (Lipinski definition) is 2. The van der Waals surface area contributed by atoms with Crippen LogP contribution in [0.4, 0.5) is 0 Å². The van der Waals surface area contributed by atoms with Crippen molar-refractivity contribution in [2.24, 2.45) is 11.0 Å². The topological polar surface area (TPSA) is 88.6 Å². The van der Waals surface area contributed by atoms with Gasteiger partial charge in [0.25, 0.3) is 0 Å². The number of hydrazone groups is 1. The first-order chi connectivity index (χ1) is 17.2. The fraction of sp³-hybridized carbons (Fsp3) is 0.179. The van der Waals surface area contributed by atoms with Crippen molar-refractivity contribution in [3.63, 3.8) is 0 Å². The molecule has 0 radical (unpaired) electrons. The molecule has 0 aliphatic heterocycles. The molecule has 4 aromatic rings. The van der Waals surface area contributed by atoms with Gasteiger partial charge in [0.1, 0.15) is 0 Å². The molecule has 1 aliphatic carbocycles. The van der Waals surface area contributed by atoms with Crippen LogP contribution in [-0.4, -0.2) is 36.5 Å². The van der Waals surface area contributed by atoms with Crippen LogP contribution in [-0.2, 0) is 10.2 Å². The largest absolute Gasteiger partial charge is 0.493 e. The van der Waals surface area contributed by atoms with E-state index in [0.29, 0.717) is 11.5 Å². The Balaban J connectivity index is 1.34. The number of rotatable bonds is 8. The lowest BCUT2D eigenvalue weighted by Crippen LogP contribution is -2.25. The summed E-state index contributed by atoms with van der Waals surface area (Å²) in [5.74, 6) is 0.954. The van der Waals surface area contributed by atoms with Gasteiger partial charge in [-0.05, 0) is 35.7 Å². The molecular formula is C28H26N4O3. The summed E-state index contributed by atoms with van der Waals surface area (Å²) in [6.07, 6.45) is 4.00. The third-order valence-electron chi connectivity index (χ3n) is 6.57. The van der Waals surface area contributed by atoms with E-state index in [9.17, 15) is 4.79 Å². The average molecular weight is 467 g/mol. The van der Waals surface area contributed by atoms with E-state index < -0.39 is 0 Å². The van der Waals surface area contributed by atoms with Crippen molar-refractivity contribution in [3.8, 4) is 22.8 Å². The van der Waals surface area contributed by atoms with Crippen LogP contribution in [0.15, 0.2) is 90.2 Å². The smallest absolute Gasteiger partial charge is 0.244 e. The zero-order valence-electron chi connectivity index (χ0n) is 19.6. The first-order valence-corrected chi connectivity index (χ1v) is 11.4. The van der Waals surface area contributed by atoms with Crippen molar-refractivity contribution in [1.82, 2.24) is 15.6 Å². The highest BCUT2D eigenvalue weighted by Crippen LogP contribution is 2.58. The van der Waals surface area contributed by atoms with E-state index >= 15 is 0 Å². The molecule has 5 rings (SSSR count). The number of carbonyl (C=O) groups is 1. The van der Waals surface area contributed by atoms with Crippen LogP contribution in [0.1, 0.15) is 23.1 Å². The summed E-state index contributed by atoms with van der Waals surface area (Å²) in [4.78, 5) is 13.1. The van der Waals surface area contributed by atoms with Gasteiger partial charge in [-0.25, -0.2) is 5.43 Å². The number of benzene rings is 3. The minimum absolute atomic E-state index is 0.106. The van der Waals surface area contributed by atoms with E-state index in [1.54, 1.807) is 26.6 Å². The van der Waals surface area contributed by atoms with Gasteiger partial charge in [-0.15, -0.1) is 0 Å². The molecule has 1 atom stereocenters. The van der Waals surface area contributed by atoms with E-state index in [4.69, 9.17) is 9.47 Å². The Bertz CT molecular complexity index is 1310. The van der Waals surface area contributed by atoms with E-state index in [1.807, 2.05) is 54.6 Å². The molecule has 35 heavy (non-hydrogen) atoms. The second kappa shape index (κ2) is 9.46. The zero-order chi connectivity index (χ0) is 24.3. The fourth-order valence-electron chi connectivity index (χ4n) is 4.72. The van der Waals surface area contributed by atoms with Gasteiger partial charge in [0, 0.05) is 16.5 Å². The molecule has 7 nitrogen and oxygen atoms in total. The summed E-state index contributed by atoms with van der Waals surface area (Å²) < 4.78 is 10.7. The highest BCUT2D eigenvalue weighted by Gasteiger charge is 2.60. The third kappa shape index (κ3) is 4.17. The number of aromatic amines is 1. The Morgan fingerprint density at radius 2 is 1.66 bits per heavy atom. The number of nitrogens with one attached hydrogen (secondary N) is 2. The van der Waals surface area contributed by atoms with Gasteiger partial charge < -0.3 is 9.47 Å². The molecule has 1 fully saturated rings. The third-order valence-corrected chi connectivity index (χ3v) is 6.57. The van der Waals surface area contributed by atoms with E-state index in [0.717, 1.165) is 34.4 Å². The number of amides is 1. The lowest BCUT2D eigenvalue weighted by molar-refractivity contribution is -0.122. The normalized spacial score (nSPS) is 16.1. The summed E-state index contributed by atoms with van der Waals surface area (Å²) in [6.45, 7) is 0. The maximum Gasteiger partial charge on any atom is 0.244 e. The van der Waals surface area contributed by atoms with Crippen LogP contribution in [0.25, 0.3) is 11.3 Å². The Morgan fingerprint density at radius 3 is 2.29 bits per heavy atom. The summed E-state index contributed by atoms with van der Waals surface area (Å²) in [5, 5.41) is 11.4. The number of aromatic nitrogens is 2. The summed E-state index contributed by atoms with van der Waals surface area (Å²) >= 11 is 0. The molecule has 7 heteroatoms. The zero-order valence-corrected chi connectivity index (χ0v) is 19.6. The lowest BCUT2D eigenvalue weighted by atomic mass is 9.85. The number of carbonyl (C=O) groups excluding carboxylic acids is 1. The Labute approximate surface area is 203 Å². The van der Waals surface area contributed by atoms with Crippen molar-refractivity contribution in [2.45, 2.75) is 11.8 Å². The molecule has 0 bridgehead atoms. The molecule has 1 saturated carbocycles. The van der Waals surface area contributed by atoms with Crippen molar-refractivity contribution in [1.29, 1.82) is 0 Å². The van der Waals surface area contributed by atoms with Crippen molar-refractivity contribution in [3.05, 3.63) is 102 Å². The van der Waals surface area contributed by atoms with Crippen LogP contribution in [0.5, 0.6) is 11.5 Å². The fourth-order valence-corrected chi connectivity index (χ4v) is 4.72. The SMILES string of the molecule is COc1ccc(-c2[nH]ncc2C=NNC(=O)C2CC2(c2ccccc2)c2ccccc2)cc1OC. The predicted molar refractivity (Wildman–Crippen MR) is 135 cm³/mol. The molecule has 176 valence electrons.